The van der Waals surface area contributed by atoms with E-state index in [2.05, 4.69) is 19.0 Å². The SMILES string of the molecule is CN(C)[C@H]1CN(C(=O)Cc2ccc(CO)cc2)C[C@@H]1C1CC1.Cl. The third-order valence-electron chi connectivity index (χ3n) is 5.14. The van der Waals surface area contributed by atoms with Gasteiger partial charge in [-0.25, -0.2) is 0 Å². The van der Waals surface area contributed by atoms with E-state index in [-0.39, 0.29) is 24.9 Å². The largest absolute Gasteiger partial charge is 0.392 e. The van der Waals surface area contributed by atoms with Gasteiger partial charge in [-0.1, -0.05) is 24.3 Å². The molecule has 2 fully saturated rings. The van der Waals surface area contributed by atoms with Crippen LogP contribution in [0.4, 0.5) is 0 Å². The molecular formula is C18H27ClN2O2. The summed E-state index contributed by atoms with van der Waals surface area (Å²) in [7, 11) is 4.25. The second kappa shape index (κ2) is 7.65. The van der Waals surface area contributed by atoms with E-state index in [4.69, 9.17) is 5.11 Å². The maximum Gasteiger partial charge on any atom is 0.227 e. The fraction of sp³-hybridized carbons (Fsp3) is 0.611. The minimum absolute atomic E-state index is 0. The predicted molar refractivity (Wildman–Crippen MR) is 93.6 cm³/mol. The highest BCUT2D eigenvalue weighted by atomic mass is 35.5. The lowest BCUT2D eigenvalue weighted by atomic mass is 9.97. The molecule has 1 aromatic carbocycles. The zero-order chi connectivity index (χ0) is 15.7. The molecule has 1 aromatic rings. The Kier molecular flexibility index (Phi) is 6.06. The van der Waals surface area contributed by atoms with Crippen LogP contribution >= 0.6 is 12.4 Å². The Hall–Kier alpha value is -1.10. The quantitative estimate of drug-likeness (QED) is 0.892. The Labute approximate surface area is 144 Å². The number of carbonyl (C=O) groups is 1. The van der Waals surface area contributed by atoms with Crippen LogP contribution in [0, 0.1) is 11.8 Å². The van der Waals surface area contributed by atoms with Crippen LogP contribution < -0.4 is 0 Å². The maximum absolute atomic E-state index is 12.6. The third kappa shape index (κ3) is 4.25. The second-order valence-electron chi connectivity index (χ2n) is 6.98. The average Bonchev–Trinajstić information content (AvgIpc) is 3.26. The molecule has 5 heteroatoms. The molecule has 3 rings (SSSR count). The first kappa shape index (κ1) is 18.2. The molecule has 128 valence electrons. The van der Waals surface area contributed by atoms with Gasteiger partial charge in [0.15, 0.2) is 0 Å². The first-order chi connectivity index (χ1) is 10.6. The fourth-order valence-electron chi connectivity index (χ4n) is 3.60. The zero-order valence-electron chi connectivity index (χ0n) is 13.9. The van der Waals surface area contributed by atoms with Crippen LogP contribution in [0.1, 0.15) is 24.0 Å². The number of nitrogens with zero attached hydrogens (tertiary/aromatic N) is 2. The summed E-state index contributed by atoms with van der Waals surface area (Å²) >= 11 is 0. The first-order valence-corrected chi connectivity index (χ1v) is 8.21. The normalized spacial score (nSPS) is 23.9. The standard InChI is InChI=1S/C18H26N2O2.ClH/c1-19(2)17-11-20(10-16(17)15-7-8-15)18(22)9-13-3-5-14(12-21)6-4-13;/h3-6,15-17,21H,7-12H2,1-2H3;1H/t16-,17+;/m1./s1. The third-order valence-corrected chi connectivity index (χ3v) is 5.14. The average molecular weight is 339 g/mol. The van der Waals surface area contributed by atoms with E-state index in [0.29, 0.717) is 18.4 Å². The number of amides is 1. The van der Waals surface area contributed by atoms with Gasteiger partial charge in [0.2, 0.25) is 5.91 Å². The molecule has 2 aliphatic rings. The van der Waals surface area contributed by atoms with Crippen LogP contribution in [0.5, 0.6) is 0 Å². The lowest BCUT2D eigenvalue weighted by Gasteiger charge is -2.24. The lowest BCUT2D eigenvalue weighted by Crippen LogP contribution is -2.37. The van der Waals surface area contributed by atoms with Gasteiger partial charge in [-0.15, -0.1) is 12.4 Å². The minimum Gasteiger partial charge on any atom is -0.392 e. The summed E-state index contributed by atoms with van der Waals surface area (Å²) in [6.45, 7) is 1.83. The topological polar surface area (TPSA) is 43.8 Å². The highest BCUT2D eigenvalue weighted by molar-refractivity contribution is 5.85. The summed E-state index contributed by atoms with van der Waals surface area (Å²) in [5, 5.41) is 9.07. The molecule has 23 heavy (non-hydrogen) atoms. The van der Waals surface area contributed by atoms with E-state index in [1.165, 1.54) is 12.8 Å². The number of rotatable bonds is 5. The molecule has 0 unspecified atom stereocenters. The van der Waals surface area contributed by atoms with Gasteiger partial charge in [-0.3, -0.25) is 4.79 Å². The van der Waals surface area contributed by atoms with Crippen molar-refractivity contribution in [1.82, 2.24) is 9.80 Å². The molecule has 0 radical (unpaired) electrons. The Bertz CT molecular complexity index is 518. The van der Waals surface area contributed by atoms with Crippen molar-refractivity contribution < 1.29 is 9.90 Å². The number of hydrogen-bond donors (Lipinski definition) is 1. The Morgan fingerprint density at radius 2 is 1.78 bits per heavy atom. The van der Waals surface area contributed by atoms with Crippen molar-refractivity contribution >= 4 is 18.3 Å². The van der Waals surface area contributed by atoms with Gasteiger partial charge in [-0.2, -0.15) is 0 Å². The van der Waals surface area contributed by atoms with Gasteiger partial charge < -0.3 is 14.9 Å². The number of hydrogen-bond acceptors (Lipinski definition) is 3. The first-order valence-electron chi connectivity index (χ1n) is 8.21. The van der Waals surface area contributed by atoms with Gasteiger partial charge in [0.1, 0.15) is 0 Å². The molecule has 1 aliphatic carbocycles. The van der Waals surface area contributed by atoms with Crippen molar-refractivity contribution in [2.45, 2.75) is 31.9 Å². The van der Waals surface area contributed by atoms with E-state index in [0.717, 1.165) is 30.1 Å². The predicted octanol–water partition coefficient (Wildman–Crippen LogP) is 1.94. The number of halogens is 1. The monoisotopic (exact) mass is 338 g/mol. The van der Waals surface area contributed by atoms with Crippen LogP contribution in [0.15, 0.2) is 24.3 Å². The highest BCUT2D eigenvalue weighted by Crippen LogP contribution is 2.42. The van der Waals surface area contributed by atoms with Crippen LogP contribution in [-0.4, -0.2) is 54.0 Å². The zero-order valence-corrected chi connectivity index (χ0v) is 14.8. The van der Waals surface area contributed by atoms with E-state index >= 15 is 0 Å². The Morgan fingerprint density at radius 1 is 1.17 bits per heavy atom. The molecular weight excluding hydrogens is 312 g/mol. The summed E-state index contributed by atoms with van der Waals surface area (Å²) in [6, 6.07) is 8.18. The van der Waals surface area contributed by atoms with E-state index < -0.39 is 0 Å². The summed E-state index contributed by atoms with van der Waals surface area (Å²) in [5.41, 5.74) is 1.91. The van der Waals surface area contributed by atoms with Gasteiger partial charge in [0, 0.05) is 19.1 Å². The van der Waals surface area contributed by atoms with Gasteiger partial charge in [0.05, 0.1) is 13.0 Å². The molecule has 0 bridgehead atoms. The van der Waals surface area contributed by atoms with Crippen LogP contribution in [0.3, 0.4) is 0 Å². The van der Waals surface area contributed by atoms with Crippen molar-refractivity contribution in [3.63, 3.8) is 0 Å². The van der Waals surface area contributed by atoms with Crippen molar-refractivity contribution in [1.29, 1.82) is 0 Å². The van der Waals surface area contributed by atoms with Crippen LogP contribution in [0.2, 0.25) is 0 Å². The molecule has 1 saturated carbocycles. The number of likely N-dealkylation sites (tertiary alicyclic amines) is 1. The smallest absolute Gasteiger partial charge is 0.227 e. The number of benzene rings is 1. The molecule has 4 nitrogen and oxygen atoms in total. The number of likely N-dealkylation sites (N-methyl/N-ethyl adjacent to an activating group) is 1. The van der Waals surface area contributed by atoms with Crippen LogP contribution in [-0.2, 0) is 17.8 Å². The molecule has 1 N–H and O–H groups in total. The van der Waals surface area contributed by atoms with Crippen molar-refractivity contribution in [2.75, 3.05) is 27.2 Å². The summed E-state index contributed by atoms with van der Waals surface area (Å²) in [4.78, 5) is 16.9. The Balaban J connectivity index is 0.00000192. The minimum atomic E-state index is 0. The van der Waals surface area contributed by atoms with E-state index in [9.17, 15) is 4.79 Å². The summed E-state index contributed by atoms with van der Waals surface area (Å²) < 4.78 is 0. The summed E-state index contributed by atoms with van der Waals surface area (Å²) in [6.07, 6.45) is 3.13. The number of carbonyl (C=O) groups excluding carboxylic acids is 1. The fourth-order valence-corrected chi connectivity index (χ4v) is 3.60. The number of aliphatic hydroxyl groups is 1. The lowest BCUT2D eigenvalue weighted by molar-refractivity contribution is -0.129. The van der Waals surface area contributed by atoms with Gasteiger partial charge >= 0.3 is 0 Å². The molecule has 1 saturated heterocycles. The van der Waals surface area contributed by atoms with Crippen LogP contribution in [0.25, 0.3) is 0 Å². The second-order valence-corrected chi connectivity index (χ2v) is 6.98. The summed E-state index contributed by atoms with van der Waals surface area (Å²) in [5.74, 6) is 1.71. The van der Waals surface area contributed by atoms with E-state index in [1.54, 1.807) is 0 Å². The molecule has 2 atom stereocenters. The molecule has 0 aromatic heterocycles. The number of aliphatic hydroxyl groups excluding tert-OH is 1. The molecule has 0 spiro atoms. The molecule has 1 heterocycles. The maximum atomic E-state index is 12.6. The molecule has 1 aliphatic heterocycles. The van der Waals surface area contributed by atoms with Crippen molar-refractivity contribution in [3.8, 4) is 0 Å². The van der Waals surface area contributed by atoms with Gasteiger partial charge in [-0.05, 0) is 49.9 Å². The Morgan fingerprint density at radius 3 is 2.30 bits per heavy atom. The highest BCUT2D eigenvalue weighted by Gasteiger charge is 2.44. The van der Waals surface area contributed by atoms with Crippen molar-refractivity contribution in [2.24, 2.45) is 11.8 Å². The van der Waals surface area contributed by atoms with E-state index in [1.807, 2.05) is 29.2 Å². The van der Waals surface area contributed by atoms with Gasteiger partial charge in [0.25, 0.3) is 0 Å². The van der Waals surface area contributed by atoms with Crippen molar-refractivity contribution in [3.05, 3.63) is 35.4 Å². The molecule has 1 amide bonds.